The Morgan fingerprint density at radius 3 is 2.82 bits per heavy atom. The molecule has 3 aliphatic carbocycles. The molecule has 96 valence electrons. The molecule has 3 heteroatoms. The van der Waals surface area contributed by atoms with Crippen LogP contribution in [-0.2, 0) is 4.79 Å². The lowest BCUT2D eigenvalue weighted by Gasteiger charge is -2.32. The van der Waals surface area contributed by atoms with E-state index < -0.39 is 0 Å². The van der Waals surface area contributed by atoms with Gasteiger partial charge in [0.25, 0.3) is 0 Å². The molecule has 0 spiro atoms. The van der Waals surface area contributed by atoms with Gasteiger partial charge >= 0.3 is 0 Å². The number of primary amides is 1. The number of carbonyl (C=O) groups excluding carboxylic acids is 1. The van der Waals surface area contributed by atoms with Crippen LogP contribution in [0.25, 0.3) is 0 Å². The maximum Gasteiger partial charge on any atom is 0.217 e. The van der Waals surface area contributed by atoms with E-state index in [0.29, 0.717) is 6.42 Å². The fourth-order valence-electron chi connectivity index (χ4n) is 4.85. The maximum absolute atomic E-state index is 10.7. The van der Waals surface area contributed by atoms with E-state index in [4.69, 9.17) is 5.73 Å². The van der Waals surface area contributed by atoms with Crippen molar-refractivity contribution in [3.8, 4) is 0 Å². The van der Waals surface area contributed by atoms with E-state index in [1.54, 1.807) is 0 Å². The summed E-state index contributed by atoms with van der Waals surface area (Å²) in [5.41, 5.74) is 5.15. The van der Waals surface area contributed by atoms with Crippen molar-refractivity contribution in [3.63, 3.8) is 0 Å². The molecule has 3 fully saturated rings. The van der Waals surface area contributed by atoms with E-state index in [-0.39, 0.29) is 5.91 Å². The second-order valence-electron chi connectivity index (χ2n) is 6.28. The smallest absolute Gasteiger partial charge is 0.217 e. The van der Waals surface area contributed by atoms with Gasteiger partial charge in [0.1, 0.15) is 0 Å². The quantitative estimate of drug-likeness (QED) is 0.713. The average molecular weight is 236 g/mol. The molecule has 3 rings (SSSR count). The van der Waals surface area contributed by atoms with Crippen LogP contribution in [0.3, 0.4) is 0 Å². The first kappa shape index (κ1) is 11.5. The summed E-state index contributed by atoms with van der Waals surface area (Å²) in [6, 6.07) is 0.743. The van der Waals surface area contributed by atoms with Gasteiger partial charge in [0, 0.05) is 12.5 Å². The zero-order chi connectivity index (χ0) is 11.8. The third kappa shape index (κ3) is 2.10. The Morgan fingerprint density at radius 1 is 1.18 bits per heavy atom. The van der Waals surface area contributed by atoms with Crippen LogP contribution in [0.15, 0.2) is 0 Å². The first-order valence-corrected chi connectivity index (χ1v) is 7.27. The zero-order valence-corrected chi connectivity index (χ0v) is 10.5. The highest BCUT2D eigenvalue weighted by Gasteiger charge is 2.53. The normalized spacial score (nSPS) is 42.9. The maximum atomic E-state index is 10.7. The molecule has 0 aliphatic heterocycles. The highest BCUT2D eigenvalue weighted by Crippen LogP contribution is 2.58. The van der Waals surface area contributed by atoms with Crippen molar-refractivity contribution in [2.45, 2.75) is 51.0 Å². The monoisotopic (exact) mass is 236 g/mol. The number of hydrogen-bond donors (Lipinski definition) is 2. The molecule has 3 saturated carbocycles. The van der Waals surface area contributed by atoms with Crippen LogP contribution in [0, 0.1) is 23.7 Å². The van der Waals surface area contributed by atoms with Crippen molar-refractivity contribution in [1.82, 2.24) is 5.32 Å². The van der Waals surface area contributed by atoms with Gasteiger partial charge in [-0.2, -0.15) is 0 Å². The molecule has 1 amide bonds. The largest absolute Gasteiger partial charge is 0.370 e. The molecule has 5 atom stereocenters. The Kier molecular flexibility index (Phi) is 3.12. The van der Waals surface area contributed by atoms with Crippen LogP contribution in [0.2, 0.25) is 0 Å². The van der Waals surface area contributed by atoms with Gasteiger partial charge in [-0.05, 0) is 62.3 Å². The molecular formula is C14H24N2O. The average Bonchev–Trinajstić information content (AvgIpc) is 2.95. The minimum atomic E-state index is -0.171. The van der Waals surface area contributed by atoms with Crippen LogP contribution in [-0.4, -0.2) is 18.5 Å². The van der Waals surface area contributed by atoms with E-state index in [2.05, 4.69) is 5.32 Å². The van der Waals surface area contributed by atoms with Gasteiger partial charge in [-0.1, -0.05) is 6.42 Å². The van der Waals surface area contributed by atoms with Gasteiger partial charge in [0.2, 0.25) is 5.91 Å². The van der Waals surface area contributed by atoms with Gasteiger partial charge < -0.3 is 11.1 Å². The second-order valence-corrected chi connectivity index (χ2v) is 6.28. The van der Waals surface area contributed by atoms with Crippen molar-refractivity contribution in [2.75, 3.05) is 6.54 Å². The number of fused-ring (bicyclic) bond motifs is 5. The molecule has 0 radical (unpaired) electrons. The number of rotatable bonds is 5. The summed E-state index contributed by atoms with van der Waals surface area (Å²) in [5.74, 6) is 3.89. The molecule has 3 aliphatic rings. The third-order valence-electron chi connectivity index (χ3n) is 5.44. The number of nitrogens with one attached hydrogen (secondary N) is 1. The summed E-state index contributed by atoms with van der Waals surface area (Å²) in [6.07, 6.45) is 8.74. The van der Waals surface area contributed by atoms with Gasteiger partial charge in [-0.15, -0.1) is 0 Å². The van der Waals surface area contributed by atoms with Crippen molar-refractivity contribution in [3.05, 3.63) is 0 Å². The summed E-state index contributed by atoms with van der Waals surface area (Å²) in [6.45, 7) is 0.966. The fourth-order valence-corrected chi connectivity index (χ4v) is 4.85. The molecule has 2 bridgehead atoms. The lowest BCUT2D eigenvalue weighted by Crippen LogP contribution is -2.39. The summed E-state index contributed by atoms with van der Waals surface area (Å²) in [4.78, 5) is 10.7. The highest BCUT2D eigenvalue weighted by molar-refractivity contribution is 5.73. The second kappa shape index (κ2) is 4.60. The molecule has 0 aromatic rings. The SMILES string of the molecule is NC(=O)CCCNC1CC2CC1C1CCCC21. The molecule has 5 unspecified atom stereocenters. The number of nitrogens with two attached hydrogens (primary N) is 1. The van der Waals surface area contributed by atoms with E-state index in [1.165, 1.54) is 32.1 Å². The molecule has 0 aromatic carbocycles. The topological polar surface area (TPSA) is 55.1 Å². The minimum absolute atomic E-state index is 0.171. The first-order chi connectivity index (χ1) is 8.25. The Morgan fingerprint density at radius 2 is 2.00 bits per heavy atom. The van der Waals surface area contributed by atoms with Gasteiger partial charge in [0.05, 0.1) is 0 Å². The number of hydrogen-bond acceptors (Lipinski definition) is 2. The van der Waals surface area contributed by atoms with Crippen LogP contribution < -0.4 is 11.1 Å². The van der Waals surface area contributed by atoms with Crippen LogP contribution >= 0.6 is 0 Å². The van der Waals surface area contributed by atoms with E-state index in [1.807, 2.05) is 0 Å². The van der Waals surface area contributed by atoms with E-state index in [9.17, 15) is 4.79 Å². The summed E-state index contributed by atoms with van der Waals surface area (Å²) in [5, 5.41) is 3.67. The van der Waals surface area contributed by atoms with E-state index in [0.717, 1.165) is 42.7 Å². The van der Waals surface area contributed by atoms with Gasteiger partial charge in [-0.3, -0.25) is 4.79 Å². The number of carbonyl (C=O) groups is 1. The predicted molar refractivity (Wildman–Crippen MR) is 67.3 cm³/mol. The van der Waals surface area contributed by atoms with Crippen LogP contribution in [0.5, 0.6) is 0 Å². The lowest BCUT2D eigenvalue weighted by molar-refractivity contribution is -0.118. The fraction of sp³-hybridized carbons (Fsp3) is 0.929. The van der Waals surface area contributed by atoms with Crippen molar-refractivity contribution >= 4 is 5.91 Å². The molecule has 3 nitrogen and oxygen atoms in total. The molecule has 17 heavy (non-hydrogen) atoms. The summed E-state index contributed by atoms with van der Waals surface area (Å²) >= 11 is 0. The molecule has 0 heterocycles. The molecular weight excluding hydrogens is 212 g/mol. The minimum Gasteiger partial charge on any atom is -0.370 e. The molecule has 0 aromatic heterocycles. The predicted octanol–water partition coefficient (Wildman–Crippen LogP) is 1.67. The summed E-state index contributed by atoms with van der Waals surface area (Å²) < 4.78 is 0. The lowest BCUT2D eigenvalue weighted by atomic mass is 9.79. The van der Waals surface area contributed by atoms with Gasteiger partial charge in [0.15, 0.2) is 0 Å². The van der Waals surface area contributed by atoms with E-state index >= 15 is 0 Å². The Balaban J connectivity index is 1.46. The third-order valence-corrected chi connectivity index (χ3v) is 5.44. The standard InChI is InChI=1S/C14H24N2O/c15-14(17)5-2-6-16-13-8-9-7-12(13)11-4-1-3-10(9)11/h9-13,16H,1-8H2,(H2,15,17). The Bertz CT molecular complexity index is 305. The Hall–Kier alpha value is -0.570. The molecule has 0 saturated heterocycles. The first-order valence-electron chi connectivity index (χ1n) is 7.27. The van der Waals surface area contributed by atoms with Crippen LogP contribution in [0.4, 0.5) is 0 Å². The van der Waals surface area contributed by atoms with Crippen molar-refractivity contribution in [1.29, 1.82) is 0 Å². The van der Waals surface area contributed by atoms with Crippen molar-refractivity contribution in [2.24, 2.45) is 29.4 Å². The Labute approximate surface area is 104 Å². The highest BCUT2D eigenvalue weighted by atomic mass is 16.1. The van der Waals surface area contributed by atoms with Crippen molar-refractivity contribution < 1.29 is 4.79 Å². The zero-order valence-electron chi connectivity index (χ0n) is 10.5. The summed E-state index contributed by atoms with van der Waals surface area (Å²) in [7, 11) is 0. The molecule has 3 N–H and O–H groups in total. The van der Waals surface area contributed by atoms with Crippen LogP contribution in [0.1, 0.15) is 44.9 Å². The number of amides is 1. The van der Waals surface area contributed by atoms with Gasteiger partial charge in [-0.25, -0.2) is 0 Å².